The molecule has 0 amide bonds. The van der Waals surface area contributed by atoms with Crippen LogP contribution in [0.5, 0.6) is 0 Å². The van der Waals surface area contributed by atoms with Gasteiger partial charge in [-0.3, -0.25) is 4.79 Å². The molecule has 2 fully saturated rings. The molecule has 0 aromatic carbocycles. The van der Waals surface area contributed by atoms with E-state index in [0.29, 0.717) is 32.0 Å². The van der Waals surface area contributed by atoms with Crippen molar-refractivity contribution in [1.82, 2.24) is 0 Å². The second-order valence-electron chi connectivity index (χ2n) is 5.68. The molecule has 2 aliphatic rings. The summed E-state index contributed by atoms with van der Waals surface area (Å²) in [6, 6.07) is 0. The predicted octanol–water partition coefficient (Wildman–Crippen LogP) is 3.42. The van der Waals surface area contributed by atoms with Gasteiger partial charge in [0.25, 0.3) is 0 Å². The summed E-state index contributed by atoms with van der Waals surface area (Å²) in [5, 5.41) is 0. The first-order valence-electron chi connectivity index (χ1n) is 7.38. The highest BCUT2D eigenvalue weighted by atomic mass is 16.7. The van der Waals surface area contributed by atoms with Crippen LogP contribution in [0.4, 0.5) is 0 Å². The predicted molar refractivity (Wildman–Crippen MR) is 79.2 cm³/mol. The molecular weight excluding hydrogens is 252 g/mol. The standard InChI is InChI=1S/C17H24O3/c1-4-7-17(19-9-10-20-17)8-6-15-14(5-2)11-13(3)12-16(15)18/h4-7,13-14H,2,8-12H2,1,3H3/b7-4+,15-6+/t13-,14-/m1/s1. The number of hydrogen-bond acceptors (Lipinski definition) is 3. The molecule has 1 aliphatic heterocycles. The molecule has 2 rings (SSSR count). The van der Waals surface area contributed by atoms with Gasteiger partial charge in [0.2, 0.25) is 0 Å². The fraction of sp³-hybridized carbons (Fsp3) is 0.588. The molecule has 0 bridgehead atoms. The highest BCUT2D eigenvalue weighted by Gasteiger charge is 2.34. The third-order valence-corrected chi connectivity index (χ3v) is 4.00. The van der Waals surface area contributed by atoms with E-state index in [1.165, 1.54) is 0 Å². The number of ether oxygens (including phenoxy) is 2. The second-order valence-corrected chi connectivity index (χ2v) is 5.68. The van der Waals surface area contributed by atoms with E-state index < -0.39 is 5.79 Å². The zero-order chi connectivity index (χ0) is 14.6. The summed E-state index contributed by atoms with van der Waals surface area (Å²) in [6.45, 7) is 9.13. The molecule has 1 aliphatic carbocycles. The maximum Gasteiger partial charge on any atom is 0.191 e. The first kappa shape index (κ1) is 15.2. The maximum atomic E-state index is 12.2. The fourth-order valence-corrected chi connectivity index (χ4v) is 3.03. The quantitative estimate of drug-likeness (QED) is 0.583. The summed E-state index contributed by atoms with van der Waals surface area (Å²) in [5.41, 5.74) is 0.876. The van der Waals surface area contributed by atoms with Crippen LogP contribution < -0.4 is 0 Å². The SMILES string of the molecule is C=C[C@@H]1C[C@@H](C)CC(=O)/C1=C/CC1(/C=C/C)OCCO1. The Bertz CT molecular complexity index is 428. The first-order valence-corrected chi connectivity index (χ1v) is 7.38. The van der Waals surface area contributed by atoms with E-state index in [0.717, 1.165) is 12.0 Å². The molecular formula is C17H24O3. The number of carbonyl (C=O) groups excluding carboxylic acids is 1. The molecule has 0 radical (unpaired) electrons. The van der Waals surface area contributed by atoms with Crippen LogP contribution in [0, 0.1) is 11.8 Å². The van der Waals surface area contributed by atoms with Crippen LogP contribution in [0.15, 0.2) is 36.5 Å². The number of hydrogen-bond donors (Lipinski definition) is 0. The van der Waals surface area contributed by atoms with Crippen molar-refractivity contribution in [3.8, 4) is 0 Å². The van der Waals surface area contributed by atoms with Crippen LogP contribution in [-0.4, -0.2) is 24.8 Å². The smallest absolute Gasteiger partial charge is 0.191 e. The third kappa shape index (κ3) is 3.28. The Kier molecular flexibility index (Phi) is 4.95. The summed E-state index contributed by atoms with van der Waals surface area (Å²) in [6.07, 6.45) is 9.95. The molecule has 1 saturated carbocycles. The van der Waals surface area contributed by atoms with Crippen LogP contribution in [0.2, 0.25) is 0 Å². The molecule has 2 atom stereocenters. The van der Waals surface area contributed by atoms with Gasteiger partial charge in [-0.1, -0.05) is 25.2 Å². The van der Waals surface area contributed by atoms with E-state index in [1.807, 2.05) is 31.2 Å². The van der Waals surface area contributed by atoms with Gasteiger partial charge in [0.05, 0.1) is 13.2 Å². The molecule has 3 nitrogen and oxygen atoms in total. The lowest BCUT2D eigenvalue weighted by molar-refractivity contribution is -0.118. The molecule has 1 saturated heterocycles. The van der Waals surface area contributed by atoms with E-state index in [-0.39, 0.29) is 11.7 Å². The minimum atomic E-state index is -0.684. The highest BCUT2D eigenvalue weighted by molar-refractivity contribution is 5.97. The summed E-state index contributed by atoms with van der Waals surface area (Å²) in [5.74, 6) is 0.153. The van der Waals surface area contributed by atoms with Crippen LogP contribution in [0.25, 0.3) is 0 Å². The Hall–Kier alpha value is -1.19. The topological polar surface area (TPSA) is 35.5 Å². The molecule has 0 aromatic heterocycles. The van der Waals surface area contributed by atoms with E-state index in [9.17, 15) is 4.79 Å². The molecule has 20 heavy (non-hydrogen) atoms. The van der Waals surface area contributed by atoms with Gasteiger partial charge >= 0.3 is 0 Å². The number of Topliss-reactive ketones (excluding diaryl/α,β-unsaturated/α-hetero) is 1. The van der Waals surface area contributed by atoms with E-state index in [4.69, 9.17) is 9.47 Å². The Morgan fingerprint density at radius 2 is 2.10 bits per heavy atom. The lowest BCUT2D eigenvalue weighted by Gasteiger charge is -2.28. The summed E-state index contributed by atoms with van der Waals surface area (Å²) < 4.78 is 11.4. The van der Waals surface area contributed by atoms with Crippen molar-refractivity contribution >= 4 is 5.78 Å². The van der Waals surface area contributed by atoms with Gasteiger partial charge in [-0.15, -0.1) is 6.58 Å². The van der Waals surface area contributed by atoms with Gasteiger partial charge in [-0.05, 0) is 30.9 Å². The fourth-order valence-electron chi connectivity index (χ4n) is 3.03. The van der Waals surface area contributed by atoms with Crippen molar-refractivity contribution in [1.29, 1.82) is 0 Å². The van der Waals surface area contributed by atoms with Crippen molar-refractivity contribution in [3.05, 3.63) is 36.5 Å². The largest absolute Gasteiger partial charge is 0.344 e. The zero-order valence-corrected chi connectivity index (χ0v) is 12.4. The van der Waals surface area contributed by atoms with Gasteiger partial charge in [-0.2, -0.15) is 0 Å². The summed E-state index contributed by atoms with van der Waals surface area (Å²) in [7, 11) is 0. The van der Waals surface area contributed by atoms with E-state index >= 15 is 0 Å². The molecule has 0 N–H and O–H groups in total. The van der Waals surface area contributed by atoms with Crippen molar-refractivity contribution in [2.24, 2.45) is 11.8 Å². The molecule has 0 spiro atoms. The normalized spacial score (nSPS) is 32.1. The van der Waals surface area contributed by atoms with Gasteiger partial charge in [0, 0.05) is 18.8 Å². The van der Waals surface area contributed by atoms with Crippen LogP contribution in [-0.2, 0) is 14.3 Å². The lowest BCUT2D eigenvalue weighted by Crippen LogP contribution is -2.28. The van der Waals surface area contributed by atoms with Crippen molar-refractivity contribution < 1.29 is 14.3 Å². The monoisotopic (exact) mass is 276 g/mol. The van der Waals surface area contributed by atoms with Gasteiger partial charge in [0.1, 0.15) is 0 Å². The minimum Gasteiger partial charge on any atom is -0.344 e. The molecule has 3 heteroatoms. The summed E-state index contributed by atoms with van der Waals surface area (Å²) >= 11 is 0. The Morgan fingerprint density at radius 3 is 2.70 bits per heavy atom. The number of ketones is 1. The average molecular weight is 276 g/mol. The molecule has 110 valence electrons. The van der Waals surface area contributed by atoms with Crippen molar-refractivity contribution in [3.63, 3.8) is 0 Å². The summed E-state index contributed by atoms with van der Waals surface area (Å²) in [4.78, 5) is 12.2. The first-order chi connectivity index (χ1) is 9.60. The van der Waals surface area contributed by atoms with Crippen molar-refractivity contribution in [2.45, 2.75) is 38.9 Å². The van der Waals surface area contributed by atoms with Gasteiger partial charge in [-0.25, -0.2) is 0 Å². The minimum absolute atomic E-state index is 0.162. The molecule has 1 heterocycles. The highest BCUT2D eigenvalue weighted by Crippen LogP contribution is 2.34. The van der Waals surface area contributed by atoms with Gasteiger partial charge in [0.15, 0.2) is 11.6 Å². The molecule has 0 aromatic rings. The number of rotatable bonds is 4. The second kappa shape index (κ2) is 6.51. The average Bonchev–Trinajstić information content (AvgIpc) is 2.86. The number of carbonyl (C=O) groups is 1. The zero-order valence-electron chi connectivity index (χ0n) is 12.4. The van der Waals surface area contributed by atoms with Crippen molar-refractivity contribution in [2.75, 3.05) is 13.2 Å². The molecule has 0 unspecified atom stereocenters. The maximum absolute atomic E-state index is 12.2. The van der Waals surface area contributed by atoms with Crippen LogP contribution in [0.3, 0.4) is 0 Å². The lowest BCUT2D eigenvalue weighted by atomic mass is 9.77. The van der Waals surface area contributed by atoms with E-state index in [1.54, 1.807) is 0 Å². The Labute approximate surface area is 121 Å². The van der Waals surface area contributed by atoms with Crippen LogP contribution in [0.1, 0.15) is 33.1 Å². The van der Waals surface area contributed by atoms with Gasteiger partial charge < -0.3 is 9.47 Å². The Morgan fingerprint density at radius 1 is 1.40 bits per heavy atom. The van der Waals surface area contributed by atoms with E-state index in [2.05, 4.69) is 13.5 Å². The third-order valence-electron chi connectivity index (χ3n) is 4.00. The number of allylic oxidation sites excluding steroid dienone is 3. The van der Waals surface area contributed by atoms with Crippen LogP contribution >= 0.6 is 0 Å². The Balaban J connectivity index is 2.15.